The molecule has 0 aliphatic heterocycles. The fraction of sp³-hybridized carbons (Fsp3) is 0.400. The molecule has 0 atom stereocenters. The lowest BCUT2D eigenvalue weighted by Crippen LogP contribution is -2.37. The van der Waals surface area contributed by atoms with Gasteiger partial charge in [0.25, 0.3) is 5.91 Å². The summed E-state index contributed by atoms with van der Waals surface area (Å²) in [5.41, 5.74) is 2.65. The first kappa shape index (κ1) is 18.0. The van der Waals surface area contributed by atoms with Crippen molar-refractivity contribution in [2.24, 2.45) is 0 Å². The predicted molar refractivity (Wildman–Crippen MR) is 86.2 cm³/mol. The lowest BCUT2D eigenvalue weighted by atomic mass is 10.1. The van der Waals surface area contributed by atoms with Crippen LogP contribution in [-0.4, -0.2) is 47.5 Å². The van der Waals surface area contributed by atoms with Gasteiger partial charge >= 0.3 is 5.97 Å². The molecule has 3 N–H and O–H groups in total. The first-order valence-corrected chi connectivity index (χ1v) is 7.97. The highest BCUT2D eigenvalue weighted by atomic mass is 32.2. The number of carboxylic acid groups (broad SMARTS) is 1. The van der Waals surface area contributed by atoms with Crippen LogP contribution in [0.3, 0.4) is 0 Å². The van der Waals surface area contributed by atoms with Crippen molar-refractivity contribution in [2.45, 2.75) is 13.8 Å². The molecule has 0 heterocycles. The number of aryl methyl sites for hydroxylation is 2. The maximum absolute atomic E-state index is 11.9. The van der Waals surface area contributed by atoms with Gasteiger partial charge in [0.15, 0.2) is 0 Å². The summed E-state index contributed by atoms with van der Waals surface area (Å²) in [5.74, 6) is -0.939. The molecule has 0 aromatic heterocycles. The summed E-state index contributed by atoms with van der Waals surface area (Å²) in [5, 5.41) is 13.6. The third kappa shape index (κ3) is 6.62. The molecule has 0 radical (unpaired) electrons. The number of carbonyl (C=O) groups is 3. The molecule has 6 nitrogen and oxygen atoms in total. The number of carbonyl (C=O) groups excluding carboxylic acids is 2. The molecule has 0 bridgehead atoms. The highest BCUT2D eigenvalue weighted by Gasteiger charge is 2.08. The van der Waals surface area contributed by atoms with Gasteiger partial charge in [-0.3, -0.25) is 14.4 Å². The minimum absolute atomic E-state index is 0.0133. The summed E-state index contributed by atoms with van der Waals surface area (Å²) in [7, 11) is 0. The smallest absolute Gasteiger partial charge is 0.313 e. The van der Waals surface area contributed by atoms with Crippen molar-refractivity contribution in [1.29, 1.82) is 0 Å². The van der Waals surface area contributed by atoms with Crippen LogP contribution < -0.4 is 10.6 Å². The van der Waals surface area contributed by atoms with Crippen LogP contribution in [-0.2, 0) is 9.59 Å². The second-order valence-electron chi connectivity index (χ2n) is 4.78. The molecule has 1 rings (SSSR count). The van der Waals surface area contributed by atoms with E-state index in [-0.39, 0.29) is 24.1 Å². The molecule has 0 unspecified atom stereocenters. The van der Waals surface area contributed by atoms with Crippen LogP contribution in [0.5, 0.6) is 0 Å². The Morgan fingerprint density at radius 1 is 1.14 bits per heavy atom. The molecule has 0 saturated heterocycles. The van der Waals surface area contributed by atoms with Gasteiger partial charge in [-0.25, -0.2) is 0 Å². The molecule has 7 heteroatoms. The van der Waals surface area contributed by atoms with Crippen LogP contribution in [0, 0.1) is 13.8 Å². The van der Waals surface area contributed by atoms with Crippen LogP contribution in [0.1, 0.15) is 21.5 Å². The van der Waals surface area contributed by atoms with Crippen LogP contribution in [0.2, 0.25) is 0 Å². The Bertz CT molecular complexity index is 560. The number of hydrogen-bond donors (Lipinski definition) is 3. The van der Waals surface area contributed by atoms with Crippen molar-refractivity contribution in [3.05, 3.63) is 34.9 Å². The van der Waals surface area contributed by atoms with Gasteiger partial charge in [0.1, 0.15) is 0 Å². The number of hydrogen-bond acceptors (Lipinski definition) is 4. The maximum Gasteiger partial charge on any atom is 0.313 e. The molecule has 0 spiro atoms. The molecule has 0 aliphatic carbocycles. The minimum atomic E-state index is -0.878. The zero-order valence-corrected chi connectivity index (χ0v) is 13.5. The van der Waals surface area contributed by atoms with Gasteiger partial charge in [0.2, 0.25) is 5.91 Å². The topological polar surface area (TPSA) is 95.5 Å². The van der Waals surface area contributed by atoms with E-state index in [0.717, 1.165) is 11.1 Å². The molecule has 120 valence electrons. The number of carboxylic acids is 1. The van der Waals surface area contributed by atoms with Gasteiger partial charge in [-0.15, -0.1) is 11.8 Å². The number of aliphatic carboxylic acids is 1. The van der Waals surface area contributed by atoms with Gasteiger partial charge < -0.3 is 15.7 Å². The summed E-state index contributed by atoms with van der Waals surface area (Å²) in [6.07, 6.45) is 0. The highest BCUT2D eigenvalue weighted by molar-refractivity contribution is 7.99. The molecule has 0 aliphatic rings. The van der Waals surface area contributed by atoms with E-state index in [1.54, 1.807) is 12.1 Å². The molecular formula is C15H20N2O4S. The predicted octanol–water partition coefficient (Wildman–Crippen LogP) is 0.967. The van der Waals surface area contributed by atoms with Gasteiger partial charge in [0.05, 0.1) is 12.3 Å². The summed E-state index contributed by atoms with van der Waals surface area (Å²) >= 11 is 1.23. The average Bonchev–Trinajstić information content (AvgIpc) is 2.47. The third-order valence-corrected chi connectivity index (χ3v) is 3.92. The Kier molecular flexibility index (Phi) is 7.45. The second kappa shape index (κ2) is 9.09. The molecule has 1 aromatic carbocycles. The summed E-state index contributed by atoms with van der Waals surface area (Å²) < 4.78 is 0. The van der Waals surface area contributed by atoms with E-state index in [4.69, 9.17) is 5.11 Å². The molecule has 0 fully saturated rings. The molecule has 22 heavy (non-hydrogen) atoms. The lowest BCUT2D eigenvalue weighted by molar-refractivity contribution is -0.133. The highest BCUT2D eigenvalue weighted by Crippen LogP contribution is 2.09. The van der Waals surface area contributed by atoms with E-state index in [0.29, 0.717) is 17.9 Å². The third-order valence-electron chi connectivity index (χ3n) is 2.97. The fourth-order valence-electron chi connectivity index (χ4n) is 1.63. The SMILES string of the molecule is Cc1ccc(C(=O)NCC(=O)NCCSCC(=O)O)cc1C. The Balaban J connectivity index is 2.27. The zero-order chi connectivity index (χ0) is 16.5. The summed E-state index contributed by atoms with van der Waals surface area (Å²) in [6, 6.07) is 5.37. The van der Waals surface area contributed by atoms with Crippen molar-refractivity contribution in [2.75, 3.05) is 24.6 Å². The van der Waals surface area contributed by atoms with E-state index in [2.05, 4.69) is 10.6 Å². The average molecular weight is 324 g/mol. The molecular weight excluding hydrogens is 304 g/mol. The molecule has 0 saturated carbocycles. The number of rotatable bonds is 8. The van der Waals surface area contributed by atoms with E-state index >= 15 is 0 Å². The first-order chi connectivity index (χ1) is 10.4. The normalized spacial score (nSPS) is 10.1. The van der Waals surface area contributed by atoms with Crippen LogP contribution >= 0.6 is 11.8 Å². The summed E-state index contributed by atoms with van der Waals surface area (Å²) in [4.78, 5) is 33.7. The maximum atomic E-state index is 11.9. The van der Waals surface area contributed by atoms with Gasteiger partial charge in [-0.05, 0) is 37.1 Å². The van der Waals surface area contributed by atoms with E-state index in [1.165, 1.54) is 11.8 Å². The zero-order valence-electron chi connectivity index (χ0n) is 12.6. The van der Waals surface area contributed by atoms with E-state index in [9.17, 15) is 14.4 Å². The van der Waals surface area contributed by atoms with Gasteiger partial charge in [-0.1, -0.05) is 6.07 Å². The van der Waals surface area contributed by atoms with Gasteiger partial charge in [-0.2, -0.15) is 0 Å². The van der Waals surface area contributed by atoms with Crippen LogP contribution in [0.4, 0.5) is 0 Å². The quantitative estimate of drug-likeness (QED) is 0.619. The van der Waals surface area contributed by atoms with Crippen molar-refractivity contribution < 1.29 is 19.5 Å². The number of nitrogens with one attached hydrogen (secondary N) is 2. The van der Waals surface area contributed by atoms with Crippen molar-refractivity contribution in [1.82, 2.24) is 10.6 Å². The number of thioether (sulfide) groups is 1. The van der Waals surface area contributed by atoms with E-state index in [1.807, 2.05) is 19.9 Å². The first-order valence-electron chi connectivity index (χ1n) is 6.82. The molecule has 2 amide bonds. The monoisotopic (exact) mass is 324 g/mol. The second-order valence-corrected chi connectivity index (χ2v) is 5.88. The standard InChI is InChI=1S/C15H20N2O4S/c1-10-3-4-12(7-11(10)2)15(21)17-8-13(18)16-5-6-22-9-14(19)20/h3-4,7H,5-6,8-9H2,1-2H3,(H,16,18)(H,17,21)(H,19,20). The Labute approximate surface area is 133 Å². The van der Waals surface area contributed by atoms with Crippen LogP contribution in [0.15, 0.2) is 18.2 Å². The van der Waals surface area contributed by atoms with Crippen molar-refractivity contribution >= 4 is 29.5 Å². The van der Waals surface area contributed by atoms with E-state index < -0.39 is 5.97 Å². The van der Waals surface area contributed by atoms with Crippen LogP contribution in [0.25, 0.3) is 0 Å². The molecule has 1 aromatic rings. The van der Waals surface area contributed by atoms with Crippen molar-refractivity contribution in [3.63, 3.8) is 0 Å². The number of amides is 2. The Morgan fingerprint density at radius 3 is 2.50 bits per heavy atom. The largest absolute Gasteiger partial charge is 0.481 e. The Morgan fingerprint density at radius 2 is 1.86 bits per heavy atom. The fourth-order valence-corrected chi connectivity index (χ4v) is 2.20. The summed E-state index contributed by atoms with van der Waals surface area (Å²) in [6.45, 7) is 4.16. The minimum Gasteiger partial charge on any atom is -0.481 e. The Hall–Kier alpha value is -2.02. The van der Waals surface area contributed by atoms with Crippen molar-refractivity contribution in [3.8, 4) is 0 Å². The number of benzene rings is 1. The lowest BCUT2D eigenvalue weighted by Gasteiger charge is -2.08. The van der Waals surface area contributed by atoms with Gasteiger partial charge in [0, 0.05) is 17.9 Å².